The molecule has 2 heterocycles. The average Bonchev–Trinajstić information content (AvgIpc) is 2.88. The first-order valence-corrected chi connectivity index (χ1v) is 6.08. The van der Waals surface area contributed by atoms with Gasteiger partial charge in [-0.3, -0.25) is 0 Å². The molecule has 0 unspecified atom stereocenters. The van der Waals surface area contributed by atoms with Gasteiger partial charge in [-0.2, -0.15) is 4.98 Å². The van der Waals surface area contributed by atoms with Crippen LogP contribution in [0.4, 0.5) is 5.95 Å². The number of nitrogens with two attached hydrogens (primary N) is 1. The second-order valence-corrected chi connectivity index (χ2v) is 4.18. The van der Waals surface area contributed by atoms with Gasteiger partial charge in [0.15, 0.2) is 5.65 Å². The number of nitrogen functional groups attached to an aromatic ring is 1. The first kappa shape index (κ1) is 12.2. The molecule has 3 rings (SSSR count). The maximum Gasteiger partial charge on any atom is 0.222 e. The van der Waals surface area contributed by atoms with Crippen molar-refractivity contribution in [1.29, 1.82) is 0 Å². The van der Waals surface area contributed by atoms with Crippen LogP contribution in [-0.4, -0.2) is 26.5 Å². The zero-order valence-electron chi connectivity index (χ0n) is 10.7. The predicted molar refractivity (Wildman–Crippen MR) is 77.2 cm³/mol. The van der Waals surface area contributed by atoms with Gasteiger partial charge in [0.2, 0.25) is 5.95 Å². The van der Waals surface area contributed by atoms with Crippen molar-refractivity contribution >= 4 is 17.1 Å². The van der Waals surface area contributed by atoms with Crippen molar-refractivity contribution in [1.82, 2.24) is 19.9 Å². The van der Waals surface area contributed by atoms with Crippen LogP contribution in [0.2, 0.25) is 0 Å². The summed E-state index contributed by atoms with van der Waals surface area (Å²) in [5, 5.41) is 0. The van der Waals surface area contributed by atoms with E-state index in [0.717, 1.165) is 16.8 Å². The lowest BCUT2D eigenvalue weighted by Crippen LogP contribution is -1.93. The van der Waals surface area contributed by atoms with Gasteiger partial charge in [-0.1, -0.05) is 24.8 Å². The Morgan fingerprint density at radius 3 is 3.10 bits per heavy atom. The number of fused-ring (bicyclic) bond motifs is 1. The zero-order valence-corrected chi connectivity index (χ0v) is 10.7. The van der Waals surface area contributed by atoms with Crippen molar-refractivity contribution in [2.24, 2.45) is 0 Å². The summed E-state index contributed by atoms with van der Waals surface area (Å²) in [6, 6.07) is 7.63. The lowest BCUT2D eigenvalue weighted by molar-refractivity contribution is 0.363. The smallest absolute Gasteiger partial charge is 0.222 e. The molecule has 0 radical (unpaired) electrons. The van der Waals surface area contributed by atoms with Crippen LogP contribution in [0.25, 0.3) is 22.6 Å². The number of hydrogen-bond acceptors (Lipinski definition) is 5. The highest BCUT2D eigenvalue weighted by Crippen LogP contribution is 2.23. The summed E-state index contributed by atoms with van der Waals surface area (Å²) in [4.78, 5) is 15.6. The standard InChI is InChI=1S/C14H13N5O/c1-2-6-20-10-5-3-4-9(7-10)12-17-11-8-16-14(15)19-13(11)18-12/h2-5,7-8H,1,6H2,(H3,15,16,17,18,19). The van der Waals surface area contributed by atoms with Gasteiger partial charge in [0, 0.05) is 5.56 Å². The maximum absolute atomic E-state index is 5.55. The number of imidazole rings is 1. The molecule has 0 bridgehead atoms. The van der Waals surface area contributed by atoms with E-state index in [9.17, 15) is 0 Å². The summed E-state index contributed by atoms with van der Waals surface area (Å²) in [6.07, 6.45) is 3.32. The number of aromatic nitrogens is 4. The van der Waals surface area contributed by atoms with Crippen LogP contribution in [0, 0.1) is 0 Å². The monoisotopic (exact) mass is 267 g/mol. The van der Waals surface area contributed by atoms with E-state index in [2.05, 4.69) is 26.5 Å². The van der Waals surface area contributed by atoms with Crippen molar-refractivity contribution in [3.8, 4) is 17.1 Å². The molecule has 1 aromatic carbocycles. The first-order valence-electron chi connectivity index (χ1n) is 6.08. The number of hydrogen-bond donors (Lipinski definition) is 2. The number of ether oxygens (including phenoxy) is 1. The van der Waals surface area contributed by atoms with Gasteiger partial charge in [-0.15, -0.1) is 0 Å². The Labute approximate surface area is 115 Å². The number of anilines is 1. The van der Waals surface area contributed by atoms with Gasteiger partial charge in [-0.25, -0.2) is 9.97 Å². The van der Waals surface area contributed by atoms with Gasteiger partial charge < -0.3 is 15.5 Å². The fourth-order valence-electron chi connectivity index (χ4n) is 1.85. The largest absolute Gasteiger partial charge is 0.490 e. The quantitative estimate of drug-likeness (QED) is 0.707. The molecule has 3 N–H and O–H groups in total. The molecule has 20 heavy (non-hydrogen) atoms. The zero-order chi connectivity index (χ0) is 13.9. The number of aromatic amines is 1. The van der Waals surface area contributed by atoms with Crippen molar-refractivity contribution in [3.05, 3.63) is 43.1 Å². The highest BCUT2D eigenvalue weighted by molar-refractivity contribution is 5.76. The Morgan fingerprint density at radius 1 is 1.35 bits per heavy atom. The molecule has 0 aliphatic rings. The van der Waals surface area contributed by atoms with Gasteiger partial charge in [0.05, 0.1) is 6.20 Å². The highest BCUT2D eigenvalue weighted by Gasteiger charge is 2.08. The average molecular weight is 267 g/mol. The minimum atomic E-state index is 0.207. The van der Waals surface area contributed by atoms with E-state index in [0.29, 0.717) is 18.1 Å². The van der Waals surface area contributed by atoms with Crippen molar-refractivity contribution in [3.63, 3.8) is 0 Å². The molecule has 0 aliphatic carbocycles. The molecule has 0 spiro atoms. The Morgan fingerprint density at radius 2 is 2.25 bits per heavy atom. The van der Waals surface area contributed by atoms with E-state index in [1.165, 1.54) is 0 Å². The van der Waals surface area contributed by atoms with Crippen molar-refractivity contribution in [2.45, 2.75) is 0 Å². The van der Waals surface area contributed by atoms with E-state index in [-0.39, 0.29) is 5.95 Å². The van der Waals surface area contributed by atoms with Gasteiger partial charge >= 0.3 is 0 Å². The molecule has 6 heteroatoms. The van der Waals surface area contributed by atoms with Crippen LogP contribution in [0.5, 0.6) is 5.75 Å². The number of nitrogens with zero attached hydrogens (tertiary/aromatic N) is 3. The molecule has 0 fully saturated rings. The number of benzene rings is 1. The molecular weight excluding hydrogens is 254 g/mol. The summed E-state index contributed by atoms with van der Waals surface area (Å²) >= 11 is 0. The third-order valence-corrected chi connectivity index (χ3v) is 2.73. The van der Waals surface area contributed by atoms with Crippen molar-refractivity contribution in [2.75, 3.05) is 12.3 Å². The van der Waals surface area contributed by atoms with Gasteiger partial charge in [-0.05, 0) is 12.1 Å². The van der Waals surface area contributed by atoms with Crippen LogP contribution < -0.4 is 10.5 Å². The highest BCUT2D eigenvalue weighted by atomic mass is 16.5. The van der Waals surface area contributed by atoms with E-state index in [1.54, 1.807) is 12.3 Å². The third-order valence-electron chi connectivity index (χ3n) is 2.73. The third kappa shape index (κ3) is 2.31. The normalized spacial score (nSPS) is 10.6. The molecule has 3 aromatic rings. The van der Waals surface area contributed by atoms with Crippen LogP contribution in [-0.2, 0) is 0 Å². The molecule has 0 aliphatic heterocycles. The summed E-state index contributed by atoms with van der Waals surface area (Å²) in [5.41, 5.74) is 7.74. The Bertz CT molecular complexity index is 765. The Hall–Kier alpha value is -2.89. The minimum absolute atomic E-state index is 0.207. The fraction of sp³-hybridized carbons (Fsp3) is 0.0714. The maximum atomic E-state index is 5.55. The minimum Gasteiger partial charge on any atom is -0.490 e. The number of nitrogens with one attached hydrogen (secondary N) is 1. The molecular formula is C14H13N5O. The molecule has 6 nitrogen and oxygen atoms in total. The van der Waals surface area contributed by atoms with Crippen LogP contribution in [0.1, 0.15) is 0 Å². The predicted octanol–water partition coefficient (Wildman–Crippen LogP) is 2.17. The number of rotatable bonds is 4. The van der Waals surface area contributed by atoms with Crippen molar-refractivity contribution < 1.29 is 4.74 Å². The topological polar surface area (TPSA) is 89.7 Å². The van der Waals surface area contributed by atoms with Crippen LogP contribution in [0.15, 0.2) is 43.1 Å². The van der Waals surface area contributed by atoms with E-state index in [1.807, 2.05) is 24.3 Å². The second kappa shape index (κ2) is 5.00. The molecule has 0 saturated heterocycles. The molecule has 2 aromatic heterocycles. The van der Waals surface area contributed by atoms with Crippen LogP contribution in [0.3, 0.4) is 0 Å². The summed E-state index contributed by atoms with van der Waals surface area (Å²) < 4.78 is 5.50. The van der Waals surface area contributed by atoms with Gasteiger partial charge in [0.1, 0.15) is 23.7 Å². The Kier molecular flexibility index (Phi) is 3.04. The van der Waals surface area contributed by atoms with Crippen LogP contribution >= 0.6 is 0 Å². The SMILES string of the molecule is C=CCOc1cccc(-c2nc3nc(N)ncc3[nH]2)c1. The van der Waals surface area contributed by atoms with E-state index in [4.69, 9.17) is 10.5 Å². The second-order valence-electron chi connectivity index (χ2n) is 4.18. The summed E-state index contributed by atoms with van der Waals surface area (Å²) in [6.45, 7) is 4.09. The fourth-order valence-corrected chi connectivity index (χ4v) is 1.85. The molecule has 0 saturated carbocycles. The molecule has 0 atom stereocenters. The number of H-pyrrole nitrogens is 1. The first-order chi connectivity index (χ1) is 9.76. The summed E-state index contributed by atoms with van der Waals surface area (Å²) in [7, 11) is 0. The Balaban J connectivity index is 1.99. The summed E-state index contributed by atoms with van der Waals surface area (Å²) in [5.74, 6) is 1.66. The lowest BCUT2D eigenvalue weighted by atomic mass is 10.2. The van der Waals surface area contributed by atoms with Gasteiger partial charge in [0.25, 0.3) is 0 Å². The van der Waals surface area contributed by atoms with E-state index >= 15 is 0 Å². The van der Waals surface area contributed by atoms with E-state index < -0.39 is 0 Å². The molecule has 0 amide bonds. The lowest BCUT2D eigenvalue weighted by Gasteiger charge is -2.04. The molecule has 100 valence electrons.